The number of nitrogens with one attached hydrogen (secondary N) is 2. The minimum absolute atomic E-state index is 0. The summed E-state index contributed by atoms with van der Waals surface area (Å²) in [7, 11) is 1.88. The molecule has 0 atom stereocenters. The quantitative estimate of drug-likeness (QED) is 0.298. The number of piperidine rings is 1. The van der Waals surface area contributed by atoms with Gasteiger partial charge in [0.1, 0.15) is 12.2 Å². The molecule has 0 radical (unpaired) electrons. The largest absolute Gasteiger partial charge is 0.396 e. The van der Waals surface area contributed by atoms with Gasteiger partial charge in [0, 0.05) is 39.0 Å². The van der Waals surface area contributed by atoms with Crippen LogP contribution in [0.3, 0.4) is 0 Å². The van der Waals surface area contributed by atoms with Gasteiger partial charge >= 0.3 is 0 Å². The first-order chi connectivity index (χ1) is 13.7. The molecule has 2 aromatic rings. The molecular weight excluding hydrogens is 481 g/mol. The van der Waals surface area contributed by atoms with E-state index in [4.69, 9.17) is 0 Å². The Morgan fingerprint density at radius 3 is 2.52 bits per heavy atom. The Morgan fingerprint density at radius 1 is 1.21 bits per heavy atom. The number of benzene rings is 1. The molecule has 0 saturated carbocycles. The van der Waals surface area contributed by atoms with E-state index in [0.29, 0.717) is 25.6 Å². The number of aliphatic hydroxyl groups is 1. The topological polar surface area (TPSA) is 90.6 Å². The van der Waals surface area contributed by atoms with E-state index in [0.717, 1.165) is 44.3 Å². The molecule has 3 rings (SSSR count). The van der Waals surface area contributed by atoms with Crippen LogP contribution in [0.2, 0.25) is 0 Å². The zero-order chi connectivity index (χ0) is 19.8. The van der Waals surface area contributed by atoms with Crippen LogP contribution < -0.4 is 15.5 Å². The van der Waals surface area contributed by atoms with Crippen LogP contribution in [0, 0.1) is 5.92 Å². The number of guanidine groups is 1. The van der Waals surface area contributed by atoms with E-state index in [2.05, 4.69) is 54.9 Å². The van der Waals surface area contributed by atoms with Crippen LogP contribution in [-0.2, 0) is 20.1 Å². The van der Waals surface area contributed by atoms with Crippen molar-refractivity contribution in [3.8, 4) is 0 Å². The average molecular weight is 513 g/mol. The standard InChI is InChI=1S/C20H31N7O.HI/c1-3-21-20(23-13-19-24-15-25-26(19)2)22-12-16-4-6-18(7-5-16)27-10-8-17(14-28)9-11-27;/h4-7,15,17,28H,3,8-14H2,1-2H3,(H2,21,22,23);1H. The fourth-order valence-corrected chi connectivity index (χ4v) is 3.34. The predicted octanol–water partition coefficient (Wildman–Crippen LogP) is 1.90. The second kappa shape index (κ2) is 12.0. The summed E-state index contributed by atoms with van der Waals surface area (Å²) in [5.41, 5.74) is 2.42. The van der Waals surface area contributed by atoms with Crippen molar-refractivity contribution in [3.63, 3.8) is 0 Å². The minimum Gasteiger partial charge on any atom is -0.396 e. The zero-order valence-corrected chi connectivity index (χ0v) is 19.5. The second-order valence-electron chi connectivity index (χ2n) is 7.13. The van der Waals surface area contributed by atoms with Gasteiger partial charge in [-0.15, -0.1) is 24.0 Å². The highest BCUT2D eigenvalue weighted by molar-refractivity contribution is 14.0. The number of aliphatic imine (C=N–C) groups is 1. The monoisotopic (exact) mass is 513 g/mol. The molecule has 2 heterocycles. The van der Waals surface area contributed by atoms with Crippen LogP contribution >= 0.6 is 24.0 Å². The third-order valence-electron chi connectivity index (χ3n) is 5.16. The molecular formula is C20H32IN7O. The van der Waals surface area contributed by atoms with Crippen molar-refractivity contribution >= 4 is 35.6 Å². The Hall–Kier alpha value is -1.88. The summed E-state index contributed by atoms with van der Waals surface area (Å²) >= 11 is 0. The second-order valence-corrected chi connectivity index (χ2v) is 7.13. The summed E-state index contributed by atoms with van der Waals surface area (Å²) in [5, 5.41) is 19.9. The zero-order valence-electron chi connectivity index (χ0n) is 17.2. The van der Waals surface area contributed by atoms with Gasteiger partial charge in [0.05, 0.1) is 13.1 Å². The normalized spacial score (nSPS) is 15.1. The van der Waals surface area contributed by atoms with Crippen LogP contribution in [0.15, 0.2) is 35.6 Å². The molecule has 1 aliphatic heterocycles. The number of hydrogen-bond acceptors (Lipinski definition) is 5. The first kappa shape index (κ1) is 23.4. The Kier molecular flexibility index (Phi) is 9.65. The number of hydrogen-bond donors (Lipinski definition) is 3. The van der Waals surface area contributed by atoms with Crippen molar-refractivity contribution in [3.05, 3.63) is 42.0 Å². The predicted molar refractivity (Wildman–Crippen MR) is 127 cm³/mol. The Morgan fingerprint density at radius 2 is 1.93 bits per heavy atom. The molecule has 29 heavy (non-hydrogen) atoms. The molecule has 0 unspecified atom stereocenters. The highest BCUT2D eigenvalue weighted by Gasteiger charge is 2.18. The van der Waals surface area contributed by atoms with E-state index in [1.54, 1.807) is 11.0 Å². The van der Waals surface area contributed by atoms with E-state index in [-0.39, 0.29) is 24.0 Å². The minimum atomic E-state index is 0. The Labute approximate surface area is 189 Å². The van der Waals surface area contributed by atoms with Crippen LogP contribution in [0.25, 0.3) is 0 Å². The van der Waals surface area contributed by atoms with E-state index < -0.39 is 0 Å². The van der Waals surface area contributed by atoms with Gasteiger partial charge in [-0.25, -0.2) is 9.98 Å². The van der Waals surface area contributed by atoms with Gasteiger partial charge in [-0.2, -0.15) is 5.10 Å². The van der Waals surface area contributed by atoms with E-state index in [1.807, 2.05) is 14.0 Å². The van der Waals surface area contributed by atoms with Gasteiger partial charge < -0.3 is 20.6 Å². The molecule has 9 heteroatoms. The number of aryl methyl sites for hydroxylation is 1. The summed E-state index contributed by atoms with van der Waals surface area (Å²) < 4.78 is 1.75. The molecule has 0 amide bonds. The maximum absolute atomic E-state index is 9.28. The molecule has 160 valence electrons. The van der Waals surface area contributed by atoms with Crippen molar-refractivity contribution in [2.75, 3.05) is 31.1 Å². The summed E-state index contributed by atoms with van der Waals surface area (Å²) in [6.45, 7) is 6.37. The maximum Gasteiger partial charge on any atom is 0.191 e. The average Bonchev–Trinajstić information content (AvgIpc) is 3.15. The molecule has 0 bridgehead atoms. The van der Waals surface area contributed by atoms with Crippen LogP contribution in [0.1, 0.15) is 31.2 Å². The van der Waals surface area contributed by atoms with Gasteiger partial charge in [-0.05, 0) is 43.4 Å². The smallest absolute Gasteiger partial charge is 0.191 e. The number of rotatable bonds is 7. The van der Waals surface area contributed by atoms with Gasteiger partial charge in [0.25, 0.3) is 0 Å². The highest BCUT2D eigenvalue weighted by atomic mass is 127. The molecule has 0 spiro atoms. The third-order valence-corrected chi connectivity index (χ3v) is 5.16. The molecule has 1 aromatic heterocycles. The molecule has 8 nitrogen and oxygen atoms in total. The fourth-order valence-electron chi connectivity index (χ4n) is 3.34. The number of anilines is 1. The van der Waals surface area contributed by atoms with Crippen molar-refractivity contribution < 1.29 is 5.11 Å². The Balaban J connectivity index is 0.00000300. The highest BCUT2D eigenvalue weighted by Crippen LogP contribution is 2.23. The summed E-state index contributed by atoms with van der Waals surface area (Å²) in [6.07, 6.45) is 3.67. The lowest BCUT2D eigenvalue weighted by atomic mass is 9.97. The first-order valence-corrected chi connectivity index (χ1v) is 9.99. The van der Waals surface area contributed by atoms with Gasteiger partial charge in [0.2, 0.25) is 0 Å². The summed E-state index contributed by atoms with van der Waals surface area (Å²) in [5.74, 6) is 2.09. The number of aliphatic hydroxyl groups excluding tert-OH is 1. The van der Waals surface area contributed by atoms with Crippen molar-refractivity contribution in [2.45, 2.75) is 32.9 Å². The Bertz CT molecular complexity index is 754. The lowest BCUT2D eigenvalue weighted by Crippen LogP contribution is -2.37. The molecule has 3 N–H and O–H groups in total. The number of halogens is 1. The molecule has 1 fully saturated rings. The molecule has 0 aliphatic carbocycles. The lowest BCUT2D eigenvalue weighted by molar-refractivity contribution is 0.203. The van der Waals surface area contributed by atoms with Gasteiger partial charge in [-0.1, -0.05) is 12.1 Å². The molecule has 1 saturated heterocycles. The van der Waals surface area contributed by atoms with Crippen molar-refractivity contribution in [1.29, 1.82) is 0 Å². The lowest BCUT2D eigenvalue weighted by Gasteiger charge is -2.32. The third kappa shape index (κ3) is 6.84. The SMILES string of the molecule is CCNC(=NCc1ccc(N2CCC(CO)CC2)cc1)NCc1ncnn1C.I. The van der Waals surface area contributed by atoms with Crippen LogP contribution in [0.4, 0.5) is 5.69 Å². The molecule has 1 aromatic carbocycles. The maximum atomic E-state index is 9.28. The summed E-state index contributed by atoms with van der Waals surface area (Å²) in [4.78, 5) is 11.3. The van der Waals surface area contributed by atoms with E-state index >= 15 is 0 Å². The number of aromatic nitrogens is 3. The van der Waals surface area contributed by atoms with E-state index in [9.17, 15) is 5.11 Å². The first-order valence-electron chi connectivity index (χ1n) is 9.99. The van der Waals surface area contributed by atoms with Crippen molar-refractivity contribution in [2.24, 2.45) is 18.0 Å². The van der Waals surface area contributed by atoms with E-state index in [1.165, 1.54) is 11.3 Å². The van der Waals surface area contributed by atoms with Gasteiger partial charge in [-0.3, -0.25) is 4.68 Å². The summed E-state index contributed by atoms with van der Waals surface area (Å²) in [6, 6.07) is 8.63. The van der Waals surface area contributed by atoms with Gasteiger partial charge in [0.15, 0.2) is 5.96 Å². The van der Waals surface area contributed by atoms with Crippen LogP contribution in [-0.4, -0.2) is 52.1 Å². The molecule has 1 aliphatic rings. The number of nitrogens with zero attached hydrogens (tertiary/aromatic N) is 5. The van der Waals surface area contributed by atoms with Crippen molar-refractivity contribution in [1.82, 2.24) is 25.4 Å². The van der Waals surface area contributed by atoms with Crippen LogP contribution in [0.5, 0.6) is 0 Å². The fraction of sp³-hybridized carbons (Fsp3) is 0.550.